The van der Waals surface area contributed by atoms with Crippen LogP contribution in [-0.2, 0) is 4.74 Å². The molecule has 0 aliphatic heterocycles. The van der Waals surface area contributed by atoms with Gasteiger partial charge in [-0.3, -0.25) is 0 Å². The minimum atomic E-state index is -0.580. The molecule has 0 bridgehead atoms. The lowest BCUT2D eigenvalue weighted by Gasteiger charge is -2.31. The molecule has 1 saturated carbocycles. The molecule has 0 atom stereocenters. The van der Waals surface area contributed by atoms with E-state index in [1.54, 1.807) is 26.0 Å². The van der Waals surface area contributed by atoms with Crippen molar-refractivity contribution in [2.24, 2.45) is 16.8 Å². The Morgan fingerprint density at radius 3 is 2.17 bits per heavy atom. The van der Waals surface area contributed by atoms with E-state index in [1.807, 2.05) is 0 Å². The van der Waals surface area contributed by atoms with Gasteiger partial charge in [0.2, 0.25) is 0 Å². The molecule has 0 aromatic carbocycles. The summed E-state index contributed by atoms with van der Waals surface area (Å²) in [5, 5.41) is 5.57. The summed E-state index contributed by atoms with van der Waals surface area (Å²) in [4.78, 5) is 26.4. The zero-order valence-corrected chi connectivity index (χ0v) is 15.3. The van der Waals surface area contributed by atoms with Crippen LogP contribution in [0, 0.1) is 11.8 Å². The highest BCUT2D eigenvalue weighted by molar-refractivity contribution is 5.78. The summed E-state index contributed by atoms with van der Waals surface area (Å²) in [6.07, 6.45) is 5.58. The monoisotopic (exact) mass is 328 g/mol. The Kier molecular flexibility index (Phi) is 10.8. The normalized spacial score (nSPS) is 20.5. The van der Waals surface area contributed by atoms with Crippen LogP contribution >= 0.6 is 0 Å². The van der Waals surface area contributed by atoms with Crippen LogP contribution < -0.4 is 10.6 Å². The Hall–Kier alpha value is -1.79. The number of hydrogen-bond acceptors (Lipinski definition) is 3. The smallest absolute Gasteiger partial charge is 0.434 e. The Bertz CT molecular complexity index is 376. The average molecular weight is 328 g/mol. The number of nitrogens with one attached hydrogen (secondary N) is 2. The van der Waals surface area contributed by atoms with E-state index >= 15 is 0 Å². The van der Waals surface area contributed by atoms with E-state index in [1.165, 1.54) is 26.3 Å². The largest absolute Gasteiger partial charge is 0.451 e. The van der Waals surface area contributed by atoms with Gasteiger partial charge in [-0.25, -0.2) is 9.59 Å². The molecule has 1 fully saturated rings. The number of carbonyl (C=O) groups is 2. The van der Waals surface area contributed by atoms with E-state index in [9.17, 15) is 9.59 Å². The zero-order chi connectivity index (χ0) is 17.8. The molecule has 3 amide bonds. The number of carbonyl (C=O) groups excluding carboxylic acids is 2. The van der Waals surface area contributed by atoms with Crippen molar-refractivity contribution in [3.63, 3.8) is 0 Å². The molecule has 0 heterocycles. The molecule has 1 aliphatic rings. The van der Waals surface area contributed by atoms with E-state index in [2.05, 4.69) is 34.2 Å². The Morgan fingerprint density at radius 1 is 1.22 bits per heavy atom. The van der Waals surface area contributed by atoms with Crippen molar-refractivity contribution in [1.29, 1.82) is 0 Å². The zero-order valence-electron chi connectivity index (χ0n) is 15.3. The maximum absolute atomic E-state index is 11.1. The summed E-state index contributed by atoms with van der Waals surface area (Å²) >= 11 is 0. The lowest BCUT2D eigenvalue weighted by atomic mass is 9.80. The van der Waals surface area contributed by atoms with Gasteiger partial charge in [-0.2, -0.15) is 4.99 Å². The first-order valence-electron chi connectivity index (χ1n) is 8.06. The van der Waals surface area contributed by atoms with Crippen LogP contribution in [-0.4, -0.2) is 57.7 Å². The Balaban J connectivity index is 0.000000468. The fourth-order valence-electron chi connectivity index (χ4n) is 2.40. The van der Waals surface area contributed by atoms with E-state index in [-0.39, 0.29) is 6.03 Å². The minimum Gasteiger partial charge on any atom is -0.451 e. The summed E-state index contributed by atoms with van der Waals surface area (Å²) in [6.45, 7) is 4.58. The third-order valence-electron chi connectivity index (χ3n) is 3.85. The van der Waals surface area contributed by atoms with Crippen molar-refractivity contribution in [3.8, 4) is 0 Å². The summed E-state index contributed by atoms with van der Waals surface area (Å²) in [7, 11) is 6.49. The summed E-state index contributed by atoms with van der Waals surface area (Å²) in [5.41, 5.74) is 0. The first-order chi connectivity index (χ1) is 10.8. The van der Waals surface area contributed by atoms with Gasteiger partial charge in [-0.05, 0) is 37.5 Å². The predicted octanol–water partition coefficient (Wildman–Crippen LogP) is 2.47. The number of aliphatic imine (C=N–C) groups is 1. The average Bonchev–Trinajstić information content (AvgIpc) is 2.53. The van der Waals surface area contributed by atoms with Crippen LogP contribution in [0.3, 0.4) is 0 Å². The number of methoxy groups -OCH3 is 1. The molecule has 23 heavy (non-hydrogen) atoms. The van der Waals surface area contributed by atoms with Gasteiger partial charge in [-0.15, -0.1) is 0 Å². The molecule has 134 valence electrons. The quantitative estimate of drug-likeness (QED) is 0.616. The maximum atomic E-state index is 11.1. The second-order valence-corrected chi connectivity index (χ2v) is 6.26. The van der Waals surface area contributed by atoms with Crippen molar-refractivity contribution < 1.29 is 14.3 Å². The van der Waals surface area contributed by atoms with Crippen LogP contribution in [0.15, 0.2) is 4.99 Å². The molecule has 7 heteroatoms. The molecule has 0 spiro atoms. The van der Waals surface area contributed by atoms with Crippen molar-refractivity contribution in [1.82, 2.24) is 15.5 Å². The van der Waals surface area contributed by atoms with Crippen molar-refractivity contribution in [2.45, 2.75) is 45.6 Å². The first kappa shape index (κ1) is 21.2. The fraction of sp³-hybridized carbons (Fsp3) is 0.812. The van der Waals surface area contributed by atoms with Gasteiger partial charge in [-0.1, -0.05) is 13.8 Å². The number of urea groups is 1. The molecular weight excluding hydrogens is 296 g/mol. The lowest BCUT2D eigenvalue weighted by molar-refractivity contribution is 0.182. The van der Waals surface area contributed by atoms with Crippen molar-refractivity contribution >= 4 is 18.5 Å². The maximum Gasteiger partial charge on any atom is 0.434 e. The standard InChI is InChI=1S/C11H22N2O.C5H10N2O2/c1-8(2)9-4-6-10(7-5-9)13-11(14)12-3;1-7(2)4-6-5(8)9-3/h8-10H,4-7H2,1-3H3,(H2,12,13,14);4H,1-3H3. The fourth-order valence-corrected chi connectivity index (χ4v) is 2.40. The van der Waals surface area contributed by atoms with E-state index < -0.39 is 6.09 Å². The molecular formula is C16H32N4O3. The topological polar surface area (TPSA) is 83.0 Å². The number of nitrogens with zero attached hydrogens (tertiary/aromatic N) is 2. The van der Waals surface area contributed by atoms with Gasteiger partial charge >= 0.3 is 12.1 Å². The number of ether oxygens (including phenoxy) is 1. The molecule has 1 rings (SSSR count). The Morgan fingerprint density at radius 2 is 1.78 bits per heavy atom. The molecule has 7 nitrogen and oxygen atoms in total. The van der Waals surface area contributed by atoms with Crippen LogP contribution in [0.5, 0.6) is 0 Å². The number of amides is 3. The van der Waals surface area contributed by atoms with E-state index in [0.29, 0.717) is 6.04 Å². The third kappa shape index (κ3) is 10.5. The number of hydrogen-bond donors (Lipinski definition) is 2. The highest BCUT2D eigenvalue weighted by Gasteiger charge is 2.23. The highest BCUT2D eigenvalue weighted by atomic mass is 16.5. The third-order valence-corrected chi connectivity index (χ3v) is 3.85. The van der Waals surface area contributed by atoms with Gasteiger partial charge in [0.15, 0.2) is 0 Å². The van der Waals surface area contributed by atoms with Crippen LogP contribution in [0.2, 0.25) is 0 Å². The molecule has 0 aromatic rings. The van der Waals surface area contributed by atoms with Gasteiger partial charge < -0.3 is 20.3 Å². The molecule has 1 aliphatic carbocycles. The molecule has 0 aromatic heterocycles. The lowest BCUT2D eigenvalue weighted by Crippen LogP contribution is -2.42. The summed E-state index contributed by atoms with van der Waals surface area (Å²) in [5.74, 6) is 1.65. The second-order valence-electron chi connectivity index (χ2n) is 6.26. The Labute approximate surface area is 139 Å². The highest BCUT2D eigenvalue weighted by Crippen LogP contribution is 2.29. The van der Waals surface area contributed by atoms with Crippen molar-refractivity contribution in [2.75, 3.05) is 28.3 Å². The molecule has 0 saturated heterocycles. The van der Waals surface area contributed by atoms with E-state index in [4.69, 9.17) is 0 Å². The first-order valence-corrected chi connectivity index (χ1v) is 8.06. The van der Waals surface area contributed by atoms with Gasteiger partial charge in [0.25, 0.3) is 0 Å². The predicted molar refractivity (Wildman–Crippen MR) is 92.8 cm³/mol. The van der Waals surface area contributed by atoms with Crippen LogP contribution in [0.25, 0.3) is 0 Å². The summed E-state index contributed by atoms with van der Waals surface area (Å²) < 4.78 is 4.24. The van der Waals surface area contributed by atoms with Gasteiger partial charge in [0, 0.05) is 27.2 Å². The summed E-state index contributed by atoms with van der Waals surface area (Å²) in [6, 6.07) is 0.350. The molecule has 0 unspecified atom stereocenters. The van der Waals surface area contributed by atoms with Crippen molar-refractivity contribution in [3.05, 3.63) is 0 Å². The van der Waals surface area contributed by atoms with Crippen LogP contribution in [0.1, 0.15) is 39.5 Å². The molecule has 2 N–H and O–H groups in total. The minimum absolute atomic E-state index is 0.0435. The van der Waals surface area contributed by atoms with Gasteiger partial charge in [0.1, 0.15) is 0 Å². The molecule has 0 radical (unpaired) electrons. The van der Waals surface area contributed by atoms with E-state index in [0.717, 1.165) is 24.7 Å². The second kappa shape index (κ2) is 11.7. The van der Waals surface area contributed by atoms with Crippen LogP contribution in [0.4, 0.5) is 9.59 Å². The van der Waals surface area contributed by atoms with Gasteiger partial charge in [0.05, 0.1) is 13.4 Å². The number of rotatable bonds is 3. The SMILES string of the molecule is CNC(=O)NC1CCC(C(C)C)CC1.COC(=O)N=CN(C)C.